The topological polar surface area (TPSA) is 43.0 Å². The predicted octanol–water partition coefficient (Wildman–Crippen LogP) is 12.8. The van der Waals surface area contributed by atoms with Crippen molar-refractivity contribution in [3.8, 4) is 67.5 Å². The van der Waals surface area contributed by atoms with Gasteiger partial charge in [-0.25, -0.2) is 19.8 Å². The molecule has 0 saturated carbocycles. The monoisotopic (exact) mass is 668 g/mol. The van der Waals surface area contributed by atoms with Crippen LogP contribution in [0.25, 0.3) is 92.6 Å². The first-order valence-electron chi connectivity index (χ1n) is 16.7. The summed E-state index contributed by atoms with van der Waals surface area (Å²) in [6.45, 7) is 7.30. The third kappa shape index (κ3) is 5.74. The Morgan fingerprint density at radius 2 is 0.863 bits per heavy atom. The summed E-state index contributed by atoms with van der Waals surface area (Å²) >= 11 is 1.83. The Kier molecular flexibility index (Phi) is 7.70. The Morgan fingerprint density at radius 3 is 1.45 bits per heavy atom. The van der Waals surface area contributed by atoms with Gasteiger partial charge >= 0.3 is 0 Å². The van der Waals surface area contributed by atoms with Crippen molar-refractivity contribution in [1.82, 2.24) is 15.0 Å². The van der Waals surface area contributed by atoms with Crippen LogP contribution in [0.4, 0.5) is 5.69 Å². The zero-order valence-electron chi connectivity index (χ0n) is 27.4. The third-order valence-corrected chi connectivity index (χ3v) is 10.3. The van der Waals surface area contributed by atoms with Gasteiger partial charge in [0.1, 0.15) is 0 Å². The molecule has 0 spiro atoms. The maximum atomic E-state index is 7.30. The molecule has 0 radical (unpaired) electrons. The molecule has 9 aromatic rings. The Bertz CT molecular complexity index is 2650. The summed E-state index contributed by atoms with van der Waals surface area (Å²) in [6, 6.07) is 58.4. The number of benzene rings is 7. The van der Waals surface area contributed by atoms with Gasteiger partial charge in [0.15, 0.2) is 23.2 Å². The molecule has 5 heteroatoms. The first kappa shape index (κ1) is 30.3. The van der Waals surface area contributed by atoms with Gasteiger partial charge < -0.3 is 0 Å². The highest BCUT2D eigenvalue weighted by Crippen LogP contribution is 2.45. The molecule has 0 unspecified atom stereocenters. The van der Waals surface area contributed by atoms with Crippen molar-refractivity contribution in [1.29, 1.82) is 0 Å². The van der Waals surface area contributed by atoms with Gasteiger partial charge in [-0.2, -0.15) is 0 Å². The van der Waals surface area contributed by atoms with Crippen molar-refractivity contribution in [3.05, 3.63) is 181 Å². The van der Waals surface area contributed by atoms with Gasteiger partial charge in [0, 0.05) is 36.9 Å². The molecule has 0 saturated heterocycles. The van der Waals surface area contributed by atoms with E-state index in [9.17, 15) is 0 Å². The Balaban J connectivity index is 1.16. The van der Waals surface area contributed by atoms with Crippen molar-refractivity contribution >= 4 is 37.2 Å². The summed E-state index contributed by atoms with van der Waals surface area (Å²) in [4.78, 5) is 18.3. The lowest BCUT2D eigenvalue weighted by atomic mass is 9.89. The maximum Gasteiger partial charge on any atom is 0.187 e. The maximum absolute atomic E-state index is 7.30. The molecular weight excluding hydrogens is 641 g/mol. The molecule has 51 heavy (non-hydrogen) atoms. The van der Waals surface area contributed by atoms with Gasteiger partial charge in [-0.15, -0.1) is 11.3 Å². The number of nitrogens with zero attached hydrogens (tertiary/aromatic N) is 4. The first-order chi connectivity index (χ1) is 25.2. The molecule has 0 N–H and O–H groups in total. The van der Waals surface area contributed by atoms with Gasteiger partial charge in [-0.05, 0) is 45.5 Å². The summed E-state index contributed by atoms with van der Waals surface area (Å²) in [6.07, 6.45) is 0. The molecule has 9 rings (SSSR count). The Hall–Kier alpha value is -6.74. The molecule has 0 fully saturated rings. The minimum atomic E-state index is 0.633. The van der Waals surface area contributed by atoms with E-state index < -0.39 is 0 Å². The summed E-state index contributed by atoms with van der Waals surface area (Å²) in [5.41, 5.74) is 10.3. The van der Waals surface area contributed by atoms with Crippen LogP contribution in [-0.2, 0) is 0 Å². The van der Waals surface area contributed by atoms with E-state index in [-0.39, 0.29) is 0 Å². The fraction of sp³-hybridized carbons (Fsp3) is 0. The number of hydrogen-bond donors (Lipinski definition) is 0. The molecule has 0 amide bonds. The molecule has 0 aliphatic rings. The lowest BCUT2D eigenvalue weighted by Crippen LogP contribution is -2.00. The van der Waals surface area contributed by atoms with Crippen molar-refractivity contribution in [2.45, 2.75) is 0 Å². The van der Waals surface area contributed by atoms with E-state index in [1.807, 2.05) is 96.3 Å². The van der Waals surface area contributed by atoms with Gasteiger partial charge in [0.05, 0.1) is 6.57 Å². The first-order valence-corrected chi connectivity index (χ1v) is 17.5. The highest BCUT2D eigenvalue weighted by atomic mass is 32.1. The van der Waals surface area contributed by atoms with E-state index in [0.29, 0.717) is 23.2 Å². The van der Waals surface area contributed by atoms with Gasteiger partial charge in [-0.1, -0.05) is 158 Å². The van der Waals surface area contributed by atoms with Crippen LogP contribution in [0, 0.1) is 6.57 Å². The lowest BCUT2D eigenvalue weighted by molar-refractivity contribution is 1.07. The fourth-order valence-electron chi connectivity index (χ4n) is 6.65. The van der Waals surface area contributed by atoms with E-state index in [2.05, 4.69) is 89.8 Å². The van der Waals surface area contributed by atoms with Crippen LogP contribution in [0.5, 0.6) is 0 Å². The molecule has 0 bridgehead atoms. The molecule has 238 valence electrons. The number of hydrogen-bond acceptors (Lipinski definition) is 4. The molecule has 0 atom stereocenters. The molecule has 0 aliphatic heterocycles. The van der Waals surface area contributed by atoms with Gasteiger partial charge in [0.25, 0.3) is 0 Å². The summed E-state index contributed by atoms with van der Waals surface area (Å²) in [5, 5.41) is 2.53. The predicted molar refractivity (Wildman–Crippen MR) is 212 cm³/mol. The minimum absolute atomic E-state index is 0.633. The Labute approximate surface area is 299 Å². The smallest absolute Gasteiger partial charge is 0.187 e. The normalized spacial score (nSPS) is 11.1. The Morgan fingerprint density at radius 1 is 0.392 bits per heavy atom. The fourth-order valence-corrected chi connectivity index (χ4v) is 7.77. The molecular formula is C46H28N4S. The van der Waals surface area contributed by atoms with Crippen LogP contribution in [0.1, 0.15) is 0 Å². The number of rotatable bonds is 6. The van der Waals surface area contributed by atoms with Crippen molar-refractivity contribution in [2.24, 2.45) is 0 Å². The minimum Gasteiger partial charge on any atom is -0.238 e. The SMILES string of the molecule is [C-]#[N+]c1ccc(-c2ccc(-c3c(-c4ccc(-c5nc(-c6ccccc6)nc(-c6ccccc6)n5)cc4)ccc4sc5ccccc5c34)cc2)cc1. The standard InChI is InChI=1S/C46H28N4S/c1-47-37-26-24-31(25-27-37)30-16-20-33(21-17-30)42-38(28-29-41-43(42)39-14-8-9-15-40(39)51-41)32-18-22-36(23-19-32)46-49-44(34-10-4-2-5-11-34)48-45(50-46)35-12-6-3-7-13-35/h2-29H. The second kappa shape index (κ2) is 12.9. The van der Waals surface area contributed by atoms with E-state index in [4.69, 9.17) is 21.5 Å². The van der Waals surface area contributed by atoms with Crippen LogP contribution < -0.4 is 0 Å². The highest BCUT2D eigenvalue weighted by molar-refractivity contribution is 7.26. The van der Waals surface area contributed by atoms with E-state index >= 15 is 0 Å². The number of thiophene rings is 1. The quantitative estimate of drug-likeness (QED) is 0.166. The molecule has 7 aromatic carbocycles. The summed E-state index contributed by atoms with van der Waals surface area (Å²) in [5.74, 6) is 1.92. The number of fused-ring (bicyclic) bond motifs is 3. The zero-order chi connectivity index (χ0) is 34.1. The molecule has 4 nitrogen and oxygen atoms in total. The average Bonchev–Trinajstić information content (AvgIpc) is 3.60. The third-order valence-electron chi connectivity index (χ3n) is 9.20. The van der Waals surface area contributed by atoms with Gasteiger partial charge in [0.2, 0.25) is 0 Å². The van der Waals surface area contributed by atoms with Crippen molar-refractivity contribution in [3.63, 3.8) is 0 Å². The van der Waals surface area contributed by atoms with Crippen molar-refractivity contribution < 1.29 is 0 Å². The van der Waals surface area contributed by atoms with Gasteiger partial charge in [-0.3, -0.25) is 0 Å². The highest BCUT2D eigenvalue weighted by Gasteiger charge is 2.18. The molecule has 2 heterocycles. The van der Waals surface area contributed by atoms with Crippen LogP contribution in [0.2, 0.25) is 0 Å². The van der Waals surface area contributed by atoms with Crippen molar-refractivity contribution in [2.75, 3.05) is 0 Å². The second-order valence-corrected chi connectivity index (χ2v) is 13.4. The molecule has 0 aliphatic carbocycles. The van der Waals surface area contributed by atoms with Crippen LogP contribution >= 0.6 is 11.3 Å². The van der Waals surface area contributed by atoms with Crippen LogP contribution in [-0.4, -0.2) is 15.0 Å². The summed E-state index contributed by atoms with van der Waals surface area (Å²) in [7, 11) is 0. The molecule has 2 aromatic heterocycles. The van der Waals surface area contributed by atoms with Crippen LogP contribution in [0.15, 0.2) is 170 Å². The summed E-state index contributed by atoms with van der Waals surface area (Å²) < 4.78 is 2.54. The second-order valence-electron chi connectivity index (χ2n) is 12.3. The average molecular weight is 669 g/mol. The van der Waals surface area contributed by atoms with Crippen LogP contribution in [0.3, 0.4) is 0 Å². The number of aromatic nitrogens is 3. The lowest BCUT2D eigenvalue weighted by Gasteiger charge is -2.14. The van der Waals surface area contributed by atoms with E-state index in [1.165, 1.54) is 25.7 Å². The van der Waals surface area contributed by atoms with E-state index in [0.717, 1.165) is 44.5 Å². The van der Waals surface area contributed by atoms with E-state index in [1.54, 1.807) is 0 Å². The zero-order valence-corrected chi connectivity index (χ0v) is 28.2. The largest absolute Gasteiger partial charge is 0.238 e.